The highest BCUT2D eigenvalue weighted by Gasteiger charge is 2.57. The Labute approximate surface area is 228 Å². The maximum absolute atomic E-state index is 13.2. The first-order valence-corrected chi connectivity index (χ1v) is 12.6. The molecule has 2 heterocycles. The van der Waals surface area contributed by atoms with E-state index in [1.807, 2.05) is 0 Å². The molecule has 3 aliphatic carbocycles. The lowest BCUT2D eigenvalue weighted by molar-refractivity contribution is -0.114. The summed E-state index contributed by atoms with van der Waals surface area (Å²) in [5.74, 6) is -0.598. The normalized spacial score (nSPS) is 18.8. The highest BCUT2D eigenvalue weighted by atomic mass is 19.1. The number of fused-ring (bicyclic) bond motifs is 1. The predicted octanol–water partition coefficient (Wildman–Crippen LogP) is 3.76. The van der Waals surface area contributed by atoms with Crippen LogP contribution in [0, 0.1) is 5.92 Å². The van der Waals surface area contributed by atoms with Crippen LogP contribution in [0.2, 0.25) is 0 Å². The number of hydrogen-bond acceptors (Lipinski definition) is 8. The zero-order valence-electron chi connectivity index (χ0n) is 21.8. The van der Waals surface area contributed by atoms with Crippen LogP contribution < -0.4 is 25.8 Å². The van der Waals surface area contributed by atoms with Gasteiger partial charge in [-0.1, -0.05) is 12.6 Å². The predicted molar refractivity (Wildman–Crippen MR) is 146 cm³/mol. The average Bonchev–Trinajstić information content (AvgIpc) is 3.30. The summed E-state index contributed by atoms with van der Waals surface area (Å²) in [4.78, 5) is 29.0. The minimum atomic E-state index is -1.12. The van der Waals surface area contributed by atoms with E-state index in [4.69, 9.17) is 15.2 Å². The molecule has 0 aliphatic heterocycles. The number of rotatable bonds is 8. The van der Waals surface area contributed by atoms with Crippen LogP contribution in [-0.2, 0) is 4.79 Å². The van der Waals surface area contributed by atoms with Crippen molar-refractivity contribution in [3.05, 3.63) is 60.7 Å². The molecule has 4 aromatic rings. The summed E-state index contributed by atoms with van der Waals surface area (Å²) in [5.41, 5.74) is 9.59. The van der Waals surface area contributed by atoms with Crippen molar-refractivity contribution < 1.29 is 23.5 Å². The van der Waals surface area contributed by atoms with Crippen LogP contribution in [0.3, 0.4) is 0 Å². The van der Waals surface area contributed by atoms with Gasteiger partial charge in [0, 0.05) is 28.4 Å². The van der Waals surface area contributed by atoms with E-state index in [1.54, 1.807) is 30.3 Å². The van der Waals surface area contributed by atoms with Gasteiger partial charge in [0.25, 0.3) is 11.8 Å². The molecule has 11 nitrogen and oxygen atoms in total. The van der Waals surface area contributed by atoms with Gasteiger partial charge in [-0.3, -0.25) is 9.59 Å². The van der Waals surface area contributed by atoms with E-state index in [1.165, 1.54) is 31.2 Å². The summed E-state index contributed by atoms with van der Waals surface area (Å²) >= 11 is 0. The van der Waals surface area contributed by atoms with Crippen molar-refractivity contribution in [3.8, 4) is 33.9 Å². The van der Waals surface area contributed by atoms with Gasteiger partial charge >= 0.3 is 0 Å². The first kappa shape index (κ1) is 25.3. The molecule has 204 valence electrons. The Bertz CT molecular complexity index is 1700. The Morgan fingerprint density at radius 2 is 1.88 bits per heavy atom. The fraction of sp³-hybridized carbons (Fsp3) is 0.250. The van der Waals surface area contributed by atoms with Crippen LogP contribution in [0.25, 0.3) is 27.9 Å². The molecule has 3 saturated carbocycles. The van der Waals surface area contributed by atoms with Crippen molar-refractivity contribution >= 4 is 28.8 Å². The quantitative estimate of drug-likeness (QED) is 0.285. The zero-order chi connectivity index (χ0) is 28.2. The lowest BCUT2D eigenvalue weighted by Gasteiger charge is -2.61. The van der Waals surface area contributed by atoms with Gasteiger partial charge in [-0.25, -0.2) is 9.37 Å². The molecule has 2 aromatic carbocycles. The van der Waals surface area contributed by atoms with Crippen LogP contribution in [0.4, 0.5) is 15.9 Å². The second kappa shape index (κ2) is 9.33. The van der Waals surface area contributed by atoms with Gasteiger partial charge in [-0.15, -0.1) is 14.8 Å². The Morgan fingerprint density at radius 1 is 1.12 bits per heavy atom. The molecule has 0 radical (unpaired) electrons. The van der Waals surface area contributed by atoms with E-state index >= 15 is 0 Å². The number of nitrogens with one attached hydrogen (secondary N) is 2. The number of benzene rings is 2. The molecule has 0 saturated heterocycles. The number of nitrogen functional groups attached to an aromatic ring is 1. The van der Waals surface area contributed by atoms with E-state index in [0.717, 1.165) is 25.2 Å². The van der Waals surface area contributed by atoms with Crippen LogP contribution in [0.1, 0.15) is 29.6 Å². The molecule has 40 heavy (non-hydrogen) atoms. The highest BCUT2D eigenvalue weighted by molar-refractivity contribution is 6.03. The molecular formula is C28H26FN7O4. The van der Waals surface area contributed by atoms with Crippen molar-refractivity contribution in [1.29, 1.82) is 0 Å². The van der Waals surface area contributed by atoms with Gasteiger partial charge < -0.3 is 25.8 Å². The third kappa shape index (κ3) is 4.08. The van der Waals surface area contributed by atoms with Gasteiger partial charge in [0.2, 0.25) is 0 Å². The number of halogens is 1. The van der Waals surface area contributed by atoms with Gasteiger partial charge in [0.1, 0.15) is 29.0 Å². The number of hydrogen-bond donors (Lipinski definition) is 3. The molecule has 0 atom stereocenters. The topological polar surface area (TPSA) is 146 Å². The third-order valence-electron chi connectivity index (χ3n) is 7.58. The van der Waals surface area contributed by atoms with Crippen LogP contribution in [0.15, 0.2) is 55.1 Å². The molecule has 2 bridgehead atoms. The summed E-state index contributed by atoms with van der Waals surface area (Å²) in [6, 6.07) is 10.0. The largest absolute Gasteiger partial charge is 0.496 e. The summed E-state index contributed by atoms with van der Waals surface area (Å²) in [5, 5.41) is 14.5. The van der Waals surface area contributed by atoms with Crippen molar-refractivity contribution in [2.45, 2.75) is 24.8 Å². The molecule has 3 aliphatic rings. The van der Waals surface area contributed by atoms with Crippen molar-refractivity contribution in [3.63, 3.8) is 0 Å². The van der Waals surface area contributed by atoms with Crippen molar-refractivity contribution in [1.82, 2.24) is 25.1 Å². The van der Waals surface area contributed by atoms with Crippen LogP contribution >= 0.6 is 0 Å². The standard InChI is InChI=1S/C28H26FN7O4/c1-14(29)26(37)33-17-5-7-18(21(9-17)40-3)23-22(24-25(30)31-13-32-36(24)35-23)16-4-6-19(20(8-16)39-2)27(38)34-28-10-15(11-28)12-28/h4-9,13,15H,1,10-12H2,2-3H3,(H,33,37)(H,34,38)(H2,30,31,32). The minimum Gasteiger partial charge on any atom is -0.496 e. The van der Waals surface area contributed by atoms with E-state index < -0.39 is 11.7 Å². The first-order valence-electron chi connectivity index (χ1n) is 12.6. The van der Waals surface area contributed by atoms with Crippen LogP contribution in [0.5, 0.6) is 11.5 Å². The van der Waals surface area contributed by atoms with E-state index in [9.17, 15) is 14.0 Å². The average molecular weight is 544 g/mol. The van der Waals surface area contributed by atoms with E-state index in [2.05, 4.69) is 32.4 Å². The molecule has 0 unspecified atom stereocenters. The number of nitrogens with zero attached hydrogens (tertiary/aromatic N) is 4. The number of amides is 2. The maximum Gasteiger partial charge on any atom is 0.283 e. The van der Waals surface area contributed by atoms with Gasteiger partial charge in [0.15, 0.2) is 11.6 Å². The number of carbonyl (C=O) groups excluding carboxylic acids is 2. The van der Waals surface area contributed by atoms with E-state index in [-0.39, 0.29) is 17.3 Å². The van der Waals surface area contributed by atoms with Gasteiger partial charge in [-0.2, -0.15) is 0 Å². The van der Waals surface area contributed by atoms with Gasteiger partial charge in [0.05, 0.1) is 19.8 Å². The maximum atomic E-state index is 13.2. The summed E-state index contributed by atoms with van der Waals surface area (Å²) in [6.07, 6.45) is 4.37. The third-order valence-corrected chi connectivity index (χ3v) is 7.58. The number of ether oxygens (including phenoxy) is 2. The molecule has 2 aromatic heterocycles. The summed E-state index contributed by atoms with van der Waals surface area (Å²) in [7, 11) is 2.97. The Hall–Kier alpha value is -5.00. The Kier molecular flexibility index (Phi) is 5.90. The molecule has 0 spiro atoms. The lowest BCUT2D eigenvalue weighted by atomic mass is 9.50. The smallest absolute Gasteiger partial charge is 0.283 e. The molecular weight excluding hydrogens is 517 g/mol. The fourth-order valence-electron chi connectivity index (χ4n) is 5.52. The van der Waals surface area contributed by atoms with E-state index in [0.29, 0.717) is 50.7 Å². The lowest BCUT2D eigenvalue weighted by Crippen LogP contribution is -2.68. The number of methoxy groups -OCH3 is 2. The number of carbonyl (C=O) groups is 2. The second-order valence-corrected chi connectivity index (χ2v) is 10.1. The first-order chi connectivity index (χ1) is 19.2. The molecule has 7 rings (SSSR count). The fourth-order valence-corrected chi connectivity index (χ4v) is 5.52. The second-order valence-electron chi connectivity index (χ2n) is 10.1. The highest BCUT2D eigenvalue weighted by Crippen LogP contribution is 2.57. The molecule has 12 heteroatoms. The number of nitrogens with two attached hydrogens (primary N) is 1. The SMILES string of the molecule is C=C(F)C(=O)Nc1ccc(-c2nn3ncnc(N)c3c2-c2ccc(C(=O)NC34CC(C3)C4)c(OC)c2)c(OC)c1. The summed E-state index contributed by atoms with van der Waals surface area (Å²) in [6.45, 7) is 3.01. The zero-order valence-corrected chi connectivity index (χ0v) is 21.8. The molecule has 4 N–H and O–H groups in total. The monoisotopic (exact) mass is 543 g/mol. The van der Waals surface area contributed by atoms with Crippen molar-refractivity contribution in [2.24, 2.45) is 5.92 Å². The van der Waals surface area contributed by atoms with Gasteiger partial charge in [-0.05, 0) is 55.0 Å². The molecule has 3 fully saturated rings. The Balaban J connectivity index is 1.45. The summed E-state index contributed by atoms with van der Waals surface area (Å²) < 4.78 is 25.8. The molecule has 2 amide bonds. The number of aromatic nitrogens is 4. The Morgan fingerprint density at radius 3 is 2.52 bits per heavy atom. The van der Waals surface area contributed by atoms with Crippen LogP contribution in [-0.4, -0.2) is 51.4 Å². The number of anilines is 2. The minimum absolute atomic E-state index is 0.0769. The van der Waals surface area contributed by atoms with Crippen molar-refractivity contribution in [2.75, 3.05) is 25.3 Å².